The van der Waals surface area contributed by atoms with Crippen molar-refractivity contribution in [3.8, 4) is 0 Å². The van der Waals surface area contributed by atoms with Crippen LogP contribution in [-0.2, 0) is 11.2 Å². The molecule has 1 fully saturated rings. The van der Waals surface area contributed by atoms with Gasteiger partial charge in [0.2, 0.25) is 0 Å². The van der Waals surface area contributed by atoms with Crippen molar-refractivity contribution in [1.82, 2.24) is 5.32 Å². The molecule has 1 saturated heterocycles. The molecule has 1 aliphatic rings. The maximum absolute atomic E-state index is 5.74. The number of rotatable bonds is 6. The summed E-state index contributed by atoms with van der Waals surface area (Å²) in [6, 6.07) is 9.44. The van der Waals surface area contributed by atoms with Gasteiger partial charge < -0.3 is 10.1 Å². The molecule has 106 valence electrons. The van der Waals surface area contributed by atoms with Gasteiger partial charge in [-0.3, -0.25) is 0 Å². The summed E-state index contributed by atoms with van der Waals surface area (Å²) < 4.78 is 7.04. The third-order valence-electron chi connectivity index (χ3n) is 3.98. The minimum atomic E-state index is 0.387. The van der Waals surface area contributed by atoms with Crippen LogP contribution in [0.4, 0.5) is 0 Å². The number of benzene rings is 1. The summed E-state index contributed by atoms with van der Waals surface area (Å²) in [7, 11) is 0. The summed E-state index contributed by atoms with van der Waals surface area (Å²) in [4.78, 5) is 0. The van der Waals surface area contributed by atoms with Crippen LogP contribution in [0.5, 0.6) is 0 Å². The molecule has 0 amide bonds. The molecule has 3 unspecified atom stereocenters. The van der Waals surface area contributed by atoms with E-state index in [1.54, 1.807) is 0 Å². The molecule has 1 aromatic carbocycles. The van der Waals surface area contributed by atoms with E-state index in [2.05, 4.69) is 66.0 Å². The van der Waals surface area contributed by atoms with E-state index in [4.69, 9.17) is 4.74 Å². The predicted molar refractivity (Wildman–Crippen MR) is 88.5 cm³/mol. The van der Waals surface area contributed by atoms with Gasteiger partial charge in [0.05, 0.1) is 6.10 Å². The van der Waals surface area contributed by atoms with E-state index in [0.717, 1.165) is 19.6 Å². The lowest BCUT2D eigenvalue weighted by Crippen LogP contribution is -2.41. The highest BCUT2D eigenvalue weighted by molar-refractivity contribution is 14.1. The smallest absolute Gasteiger partial charge is 0.0590 e. The van der Waals surface area contributed by atoms with Crippen LogP contribution in [0, 0.1) is 9.49 Å². The molecular formula is C16H24INO. The second kappa shape index (κ2) is 7.60. The second-order valence-corrected chi connectivity index (χ2v) is 6.67. The van der Waals surface area contributed by atoms with Crippen LogP contribution < -0.4 is 5.32 Å². The van der Waals surface area contributed by atoms with Crippen LogP contribution in [-0.4, -0.2) is 25.3 Å². The summed E-state index contributed by atoms with van der Waals surface area (Å²) in [5.41, 5.74) is 1.42. The van der Waals surface area contributed by atoms with E-state index in [9.17, 15) is 0 Å². The van der Waals surface area contributed by atoms with Gasteiger partial charge in [0, 0.05) is 22.1 Å². The third kappa shape index (κ3) is 4.43. The van der Waals surface area contributed by atoms with Gasteiger partial charge in [0.15, 0.2) is 0 Å². The van der Waals surface area contributed by atoms with Crippen molar-refractivity contribution < 1.29 is 4.74 Å². The molecule has 1 aliphatic heterocycles. The summed E-state index contributed by atoms with van der Waals surface area (Å²) in [5.74, 6) is 0.644. The van der Waals surface area contributed by atoms with Crippen LogP contribution in [0.3, 0.4) is 0 Å². The Morgan fingerprint density at radius 3 is 2.68 bits per heavy atom. The second-order valence-electron chi connectivity index (χ2n) is 5.42. The van der Waals surface area contributed by atoms with Crippen molar-refractivity contribution in [2.24, 2.45) is 5.92 Å². The number of hydrogen-bond donors (Lipinski definition) is 1. The zero-order valence-corrected chi connectivity index (χ0v) is 14.0. The van der Waals surface area contributed by atoms with Crippen molar-refractivity contribution in [1.29, 1.82) is 0 Å². The van der Waals surface area contributed by atoms with Crippen molar-refractivity contribution in [2.75, 3.05) is 13.2 Å². The molecule has 2 rings (SSSR count). The zero-order valence-electron chi connectivity index (χ0n) is 11.9. The highest BCUT2D eigenvalue weighted by Crippen LogP contribution is 2.26. The Kier molecular flexibility index (Phi) is 6.10. The Balaban J connectivity index is 2.02. The van der Waals surface area contributed by atoms with Crippen LogP contribution in [0.1, 0.15) is 32.3 Å². The number of halogens is 1. The molecule has 0 saturated carbocycles. The van der Waals surface area contributed by atoms with Gasteiger partial charge in [-0.05, 0) is 73.0 Å². The molecular weight excluding hydrogens is 349 g/mol. The first kappa shape index (κ1) is 15.3. The Labute approximate surface area is 130 Å². The fourth-order valence-electron chi connectivity index (χ4n) is 2.86. The van der Waals surface area contributed by atoms with E-state index in [-0.39, 0.29) is 0 Å². The molecule has 0 aromatic heterocycles. The number of hydrogen-bond acceptors (Lipinski definition) is 2. The normalized spacial score (nSPS) is 24.6. The van der Waals surface area contributed by atoms with Gasteiger partial charge in [-0.2, -0.15) is 0 Å². The SMILES string of the molecule is CCCNC(Cc1ccc(I)cc1)C1CCOC1C. The minimum absolute atomic E-state index is 0.387. The first-order valence-corrected chi connectivity index (χ1v) is 8.38. The van der Waals surface area contributed by atoms with Gasteiger partial charge in [-0.15, -0.1) is 0 Å². The van der Waals surface area contributed by atoms with Crippen LogP contribution >= 0.6 is 22.6 Å². The summed E-state index contributed by atoms with van der Waals surface area (Å²) in [6.07, 6.45) is 3.87. The van der Waals surface area contributed by atoms with E-state index in [1.807, 2.05) is 0 Å². The molecule has 0 radical (unpaired) electrons. The molecule has 3 heteroatoms. The first-order chi connectivity index (χ1) is 9.20. The maximum atomic E-state index is 5.74. The fourth-order valence-corrected chi connectivity index (χ4v) is 3.22. The monoisotopic (exact) mass is 373 g/mol. The topological polar surface area (TPSA) is 21.3 Å². The lowest BCUT2D eigenvalue weighted by molar-refractivity contribution is 0.0954. The lowest BCUT2D eigenvalue weighted by atomic mass is 9.89. The van der Waals surface area contributed by atoms with Gasteiger partial charge in [-0.1, -0.05) is 19.1 Å². The first-order valence-electron chi connectivity index (χ1n) is 7.30. The summed E-state index contributed by atoms with van der Waals surface area (Å²) in [6.45, 7) is 6.46. The average molecular weight is 373 g/mol. The zero-order chi connectivity index (χ0) is 13.7. The number of ether oxygens (including phenoxy) is 1. The molecule has 19 heavy (non-hydrogen) atoms. The van der Waals surface area contributed by atoms with E-state index < -0.39 is 0 Å². The van der Waals surface area contributed by atoms with Crippen molar-refractivity contribution in [2.45, 2.75) is 45.3 Å². The fraction of sp³-hybridized carbons (Fsp3) is 0.625. The minimum Gasteiger partial charge on any atom is -0.378 e. The molecule has 0 spiro atoms. The summed E-state index contributed by atoms with van der Waals surface area (Å²) in [5, 5.41) is 3.72. The molecule has 1 N–H and O–H groups in total. The quantitative estimate of drug-likeness (QED) is 0.769. The molecule has 3 atom stereocenters. The molecule has 1 heterocycles. The van der Waals surface area contributed by atoms with Gasteiger partial charge in [-0.25, -0.2) is 0 Å². The highest BCUT2D eigenvalue weighted by atomic mass is 127. The van der Waals surface area contributed by atoms with Gasteiger partial charge >= 0.3 is 0 Å². The van der Waals surface area contributed by atoms with E-state index in [1.165, 1.54) is 22.0 Å². The van der Waals surface area contributed by atoms with Gasteiger partial charge in [0.25, 0.3) is 0 Å². The standard InChI is InChI=1S/C16H24INO/c1-3-9-18-16(15-8-10-19-12(15)2)11-13-4-6-14(17)7-5-13/h4-7,12,15-16,18H,3,8-11H2,1-2H3. The largest absolute Gasteiger partial charge is 0.378 e. The molecule has 2 nitrogen and oxygen atoms in total. The maximum Gasteiger partial charge on any atom is 0.0590 e. The predicted octanol–water partition coefficient (Wildman–Crippen LogP) is 3.63. The van der Waals surface area contributed by atoms with Crippen molar-refractivity contribution in [3.63, 3.8) is 0 Å². The Morgan fingerprint density at radius 2 is 2.11 bits per heavy atom. The average Bonchev–Trinajstić information content (AvgIpc) is 2.83. The van der Waals surface area contributed by atoms with E-state index >= 15 is 0 Å². The Hall–Kier alpha value is -0.130. The van der Waals surface area contributed by atoms with Crippen LogP contribution in [0.2, 0.25) is 0 Å². The molecule has 0 bridgehead atoms. The van der Waals surface area contributed by atoms with Crippen LogP contribution in [0.25, 0.3) is 0 Å². The third-order valence-corrected chi connectivity index (χ3v) is 4.70. The summed E-state index contributed by atoms with van der Waals surface area (Å²) >= 11 is 2.36. The Bertz CT molecular complexity index is 379. The highest BCUT2D eigenvalue weighted by Gasteiger charge is 2.31. The van der Waals surface area contributed by atoms with Crippen molar-refractivity contribution >= 4 is 22.6 Å². The van der Waals surface area contributed by atoms with Gasteiger partial charge in [0.1, 0.15) is 0 Å². The Morgan fingerprint density at radius 1 is 1.37 bits per heavy atom. The van der Waals surface area contributed by atoms with Crippen LogP contribution in [0.15, 0.2) is 24.3 Å². The lowest BCUT2D eigenvalue weighted by Gasteiger charge is -2.27. The number of nitrogens with one attached hydrogen (secondary N) is 1. The molecule has 0 aliphatic carbocycles. The molecule has 1 aromatic rings. The van der Waals surface area contributed by atoms with E-state index in [0.29, 0.717) is 18.1 Å². The van der Waals surface area contributed by atoms with Crippen molar-refractivity contribution in [3.05, 3.63) is 33.4 Å².